The van der Waals surface area contributed by atoms with E-state index in [4.69, 9.17) is 0 Å². The van der Waals surface area contributed by atoms with Crippen LogP contribution in [0.4, 0.5) is 27.3 Å². The van der Waals surface area contributed by atoms with E-state index in [1.54, 1.807) is 48.5 Å². The summed E-state index contributed by atoms with van der Waals surface area (Å²) in [6.07, 6.45) is 1.45. The van der Waals surface area contributed by atoms with Crippen LogP contribution in [0.1, 0.15) is 17.3 Å². The molecule has 0 spiro atoms. The number of pyridine rings is 1. The Labute approximate surface area is 155 Å². The Balaban J connectivity index is 1.61. The number of nitrogens with one attached hydrogen (secondary N) is 3. The number of aromatic nitrogens is 1. The molecule has 2 amide bonds. The second-order valence-corrected chi connectivity index (χ2v) is 5.78. The Hall–Kier alpha value is -3.74. The highest BCUT2D eigenvalue weighted by Gasteiger charge is 2.07. The lowest BCUT2D eigenvalue weighted by Gasteiger charge is -2.08. The summed E-state index contributed by atoms with van der Waals surface area (Å²) in [6.45, 7) is 1.43. The Kier molecular flexibility index (Phi) is 5.41. The van der Waals surface area contributed by atoms with E-state index in [9.17, 15) is 14.0 Å². The zero-order chi connectivity index (χ0) is 19.2. The van der Waals surface area contributed by atoms with Crippen LogP contribution in [0.25, 0.3) is 0 Å². The van der Waals surface area contributed by atoms with Gasteiger partial charge in [0.15, 0.2) is 0 Å². The zero-order valence-corrected chi connectivity index (χ0v) is 14.5. The maximum Gasteiger partial charge on any atom is 0.257 e. The van der Waals surface area contributed by atoms with Gasteiger partial charge in [0.05, 0.1) is 5.56 Å². The maximum atomic E-state index is 12.9. The number of hydrogen-bond acceptors (Lipinski definition) is 4. The first-order chi connectivity index (χ1) is 13.0. The standard InChI is InChI=1S/C20H17FN4O2/c1-13(26)23-16-7-9-18(10-8-16)25-20(27)14-2-11-19(22-12-14)24-17-5-3-15(21)4-6-17/h2-12H,1H3,(H,22,24)(H,23,26)(H,25,27). The van der Waals surface area contributed by atoms with Gasteiger partial charge in [-0.2, -0.15) is 0 Å². The normalized spacial score (nSPS) is 10.1. The molecule has 2 aromatic carbocycles. The largest absolute Gasteiger partial charge is 0.340 e. The Morgan fingerprint density at radius 1 is 0.815 bits per heavy atom. The molecule has 0 fully saturated rings. The minimum absolute atomic E-state index is 0.160. The van der Waals surface area contributed by atoms with E-state index in [0.717, 1.165) is 0 Å². The van der Waals surface area contributed by atoms with Gasteiger partial charge in [-0.3, -0.25) is 9.59 Å². The van der Waals surface area contributed by atoms with Crippen molar-refractivity contribution in [1.82, 2.24) is 4.98 Å². The van der Waals surface area contributed by atoms with E-state index in [-0.39, 0.29) is 17.6 Å². The quantitative estimate of drug-likeness (QED) is 0.634. The van der Waals surface area contributed by atoms with Crippen LogP contribution in [0.2, 0.25) is 0 Å². The molecule has 3 rings (SSSR count). The fraction of sp³-hybridized carbons (Fsp3) is 0.0500. The number of rotatable bonds is 5. The van der Waals surface area contributed by atoms with E-state index in [1.165, 1.54) is 25.3 Å². The molecular formula is C20H17FN4O2. The van der Waals surface area contributed by atoms with Crippen molar-refractivity contribution in [2.75, 3.05) is 16.0 Å². The summed E-state index contributed by atoms with van der Waals surface area (Å²) in [6, 6.07) is 16.0. The van der Waals surface area contributed by atoms with E-state index < -0.39 is 0 Å². The molecule has 0 saturated heterocycles. The summed E-state index contributed by atoms with van der Waals surface area (Å²) >= 11 is 0. The molecule has 0 radical (unpaired) electrons. The van der Waals surface area contributed by atoms with E-state index in [1.807, 2.05) is 0 Å². The maximum absolute atomic E-state index is 12.9. The van der Waals surface area contributed by atoms with Gasteiger partial charge in [-0.1, -0.05) is 0 Å². The molecule has 0 atom stereocenters. The Morgan fingerprint density at radius 3 is 1.96 bits per heavy atom. The summed E-state index contributed by atoms with van der Waals surface area (Å²) in [4.78, 5) is 27.5. The van der Waals surface area contributed by atoms with Gasteiger partial charge in [0.1, 0.15) is 11.6 Å². The van der Waals surface area contributed by atoms with Crippen LogP contribution >= 0.6 is 0 Å². The molecule has 3 aromatic rings. The molecule has 0 saturated carbocycles. The highest BCUT2D eigenvalue weighted by molar-refractivity contribution is 6.04. The van der Waals surface area contributed by atoms with Gasteiger partial charge in [-0.25, -0.2) is 9.37 Å². The smallest absolute Gasteiger partial charge is 0.257 e. The average Bonchev–Trinajstić information content (AvgIpc) is 2.65. The number of carbonyl (C=O) groups excluding carboxylic acids is 2. The van der Waals surface area contributed by atoms with Gasteiger partial charge in [-0.15, -0.1) is 0 Å². The fourth-order valence-electron chi connectivity index (χ4n) is 2.33. The molecule has 136 valence electrons. The number of nitrogens with zero attached hydrogens (tertiary/aromatic N) is 1. The van der Waals surface area contributed by atoms with Crippen molar-refractivity contribution >= 4 is 34.7 Å². The van der Waals surface area contributed by atoms with Crippen molar-refractivity contribution in [2.45, 2.75) is 6.92 Å². The molecule has 1 aromatic heterocycles. The monoisotopic (exact) mass is 364 g/mol. The van der Waals surface area contributed by atoms with Gasteiger partial charge in [0, 0.05) is 30.2 Å². The minimum Gasteiger partial charge on any atom is -0.340 e. The van der Waals surface area contributed by atoms with Crippen molar-refractivity contribution in [2.24, 2.45) is 0 Å². The van der Waals surface area contributed by atoms with Crippen LogP contribution in [0.5, 0.6) is 0 Å². The molecule has 0 aliphatic rings. The molecule has 0 aliphatic heterocycles. The first-order valence-electron chi connectivity index (χ1n) is 8.17. The third kappa shape index (κ3) is 5.12. The van der Waals surface area contributed by atoms with Crippen LogP contribution in [0.3, 0.4) is 0 Å². The number of carbonyl (C=O) groups is 2. The summed E-state index contributed by atoms with van der Waals surface area (Å²) in [7, 11) is 0. The topological polar surface area (TPSA) is 83.1 Å². The van der Waals surface area contributed by atoms with Crippen LogP contribution in [-0.4, -0.2) is 16.8 Å². The zero-order valence-electron chi connectivity index (χ0n) is 14.5. The van der Waals surface area contributed by atoms with Gasteiger partial charge in [-0.05, 0) is 60.7 Å². The summed E-state index contributed by atoms with van der Waals surface area (Å²) in [5, 5.41) is 8.44. The highest BCUT2D eigenvalue weighted by atomic mass is 19.1. The lowest BCUT2D eigenvalue weighted by atomic mass is 10.2. The van der Waals surface area contributed by atoms with E-state index in [0.29, 0.717) is 28.4 Å². The van der Waals surface area contributed by atoms with Crippen LogP contribution in [-0.2, 0) is 4.79 Å². The van der Waals surface area contributed by atoms with Crippen molar-refractivity contribution in [3.63, 3.8) is 0 Å². The second kappa shape index (κ2) is 8.09. The van der Waals surface area contributed by atoms with Crippen molar-refractivity contribution in [1.29, 1.82) is 0 Å². The van der Waals surface area contributed by atoms with Gasteiger partial charge in [0.2, 0.25) is 5.91 Å². The molecule has 0 aliphatic carbocycles. The van der Waals surface area contributed by atoms with Crippen molar-refractivity contribution in [3.05, 3.63) is 78.2 Å². The Bertz CT molecular complexity index is 939. The molecule has 1 heterocycles. The lowest BCUT2D eigenvalue weighted by Crippen LogP contribution is -2.12. The number of halogens is 1. The van der Waals surface area contributed by atoms with Gasteiger partial charge < -0.3 is 16.0 Å². The number of anilines is 4. The third-order valence-electron chi connectivity index (χ3n) is 3.61. The third-order valence-corrected chi connectivity index (χ3v) is 3.61. The van der Waals surface area contributed by atoms with Crippen molar-refractivity contribution in [3.8, 4) is 0 Å². The SMILES string of the molecule is CC(=O)Nc1ccc(NC(=O)c2ccc(Nc3ccc(F)cc3)nc2)cc1. The predicted molar refractivity (Wildman–Crippen MR) is 103 cm³/mol. The van der Waals surface area contributed by atoms with Crippen molar-refractivity contribution < 1.29 is 14.0 Å². The highest BCUT2D eigenvalue weighted by Crippen LogP contribution is 2.17. The predicted octanol–water partition coefficient (Wildman–Crippen LogP) is 4.18. The van der Waals surface area contributed by atoms with Gasteiger partial charge in [0.25, 0.3) is 5.91 Å². The molecule has 3 N–H and O–H groups in total. The summed E-state index contributed by atoms with van der Waals surface area (Å²) in [5.41, 5.74) is 2.34. The minimum atomic E-state index is -0.314. The Morgan fingerprint density at radius 2 is 1.41 bits per heavy atom. The van der Waals surface area contributed by atoms with E-state index in [2.05, 4.69) is 20.9 Å². The lowest BCUT2D eigenvalue weighted by molar-refractivity contribution is -0.114. The number of benzene rings is 2. The summed E-state index contributed by atoms with van der Waals surface area (Å²) < 4.78 is 12.9. The van der Waals surface area contributed by atoms with E-state index >= 15 is 0 Å². The first kappa shape index (κ1) is 18.1. The fourth-order valence-corrected chi connectivity index (χ4v) is 2.33. The van der Waals surface area contributed by atoms with Crippen LogP contribution < -0.4 is 16.0 Å². The second-order valence-electron chi connectivity index (χ2n) is 5.78. The molecule has 6 nitrogen and oxygen atoms in total. The van der Waals surface area contributed by atoms with Crippen LogP contribution in [0, 0.1) is 5.82 Å². The molecule has 0 bridgehead atoms. The molecule has 27 heavy (non-hydrogen) atoms. The molecule has 0 unspecified atom stereocenters. The van der Waals surface area contributed by atoms with Crippen LogP contribution in [0.15, 0.2) is 66.9 Å². The average molecular weight is 364 g/mol. The number of hydrogen-bond donors (Lipinski definition) is 3. The number of amides is 2. The first-order valence-corrected chi connectivity index (χ1v) is 8.17. The molecular weight excluding hydrogens is 347 g/mol. The summed E-state index contributed by atoms with van der Waals surface area (Å²) in [5.74, 6) is -0.237. The van der Waals surface area contributed by atoms with Gasteiger partial charge >= 0.3 is 0 Å². The molecule has 7 heteroatoms.